The lowest BCUT2D eigenvalue weighted by Crippen LogP contribution is -2.19. The van der Waals surface area contributed by atoms with Gasteiger partial charge < -0.3 is 9.87 Å². The topological polar surface area (TPSA) is 52.2 Å². The Morgan fingerprint density at radius 3 is 2.71 bits per heavy atom. The van der Waals surface area contributed by atoms with Crippen LogP contribution in [-0.2, 0) is 16.0 Å². The maximum absolute atomic E-state index is 10.1. The minimum absolute atomic E-state index is 0.253. The molecule has 0 aliphatic heterocycles. The molecule has 1 unspecified atom stereocenters. The molecule has 1 atom stereocenters. The van der Waals surface area contributed by atoms with Crippen molar-refractivity contribution < 1.29 is 9.35 Å². The molecular weight excluding hydrogens is 114 g/mol. The predicted octanol–water partition coefficient (Wildman–Crippen LogP) is -0.932. The SMILES string of the molecule is C[S+]([O-])CNC=O. The summed E-state index contributed by atoms with van der Waals surface area (Å²) in [4.78, 5) is 9.46. The highest BCUT2D eigenvalue weighted by atomic mass is 32.2. The quantitative estimate of drug-likeness (QED) is 0.387. The highest BCUT2D eigenvalue weighted by Crippen LogP contribution is 1.73. The van der Waals surface area contributed by atoms with Crippen LogP contribution in [0.4, 0.5) is 0 Å². The minimum Gasteiger partial charge on any atom is -0.615 e. The van der Waals surface area contributed by atoms with Crippen LogP contribution in [0, 0.1) is 0 Å². The smallest absolute Gasteiger partial charge is 0.210 e. The van der Waals surface area contributed by atoms with Crippen LogP contribution in [0.15, 0.2) is 0 Å². The van der Waals surface area contributed by atoms with Gasteiger partial charge in [0.15, 0.2) is 5.88 Å². The zero-order valence-electron chi connectivity index (χ0n) is 4.01. The van der Waals surface area contributed by atoms with E-state index in [2.05, 4.69) is 5.32 Å². The van der Waals surface area contributed by atoms with Crippen LogP contribution in [0.3, 0.4) is 0 Å². The lowest BCUT2D eigenvalue weighted by Gasteiger charge is -2.00. The summed E-state index contributed by atoms with van der Waals surface area (Å²) in [6.07, 6.45) is 2.05. The third-order valence-electron chi connectivity index (χ3n) is 0.370. The highest BCUT2D eigenvalue weighted by molar-refractivity contribution is 7.90. The van der Waals surface area contributed by atoms with Gasteiger partial charge in [0.05, 0.1) is 6.26 Å². The Labute approximate surface area is 45.3 Å². The molecule has 0 radical (unpaired) electrons. The van der Waals surface area contributed by atoms with Gasteiger partial charge in [-0.15, -0.1) is 0 Å². The molecule has 4 heteroatoms. The summed E-state index contributed by atoms with van der Waals surface area (Å²) >= 11 is -0.908. The van der Waals surface area contributed by atoms with Crippen LogP contribution in [0.5, 0.6) is 0 Å². The summed E-state index contributed by atoms with van der Waals surface area (Å²) < 4.78 is 10.1. The summed E-state index contributed by atoms with van der Waals surface area (Å²) in [6, 6.07) is 0. The van der Waals surface area contributed by atoms with Crippen molar-refractivity contribution in [1.82, 2.24) is 5.32 Å². The van der Waals surface area contributed by atoms with E-state index in [0.29, 0.717) is 6.41 Å². The Balaban J connectivity index is 2.81. The van der Waals surface area contributed by atoms with E-state index >= 15 is 0 Å². The number of amides is 1. The normalized spacial score (nSPS) is 12.9. The van der Waals surface area contributed by atoms with Crippen LogP contribution < -0.4 is 5.32 Å². The molecule has 7 heavy (non-hydrogen) atoms. The third-order valence-corrected chi connectivity index (χ3v) is 0.943. The zero-order valence-corrected chi connectivity index (χ0v) is 4.83. The number of hydrogen-bond acceptors (Lipinski definition) is 2. The fourth-order valence-electron chi connectivity index (χ4n) is 0.151. The van der Waals surface area contributed by atoms with E-state index in [1.807, 2.05) is 0 Å². The van der Waals surface area contributed by atoms with E-state index in [-0.39, 0.29) is 5.88 Å². The van der Waals surface area contributed by atoms with E-state index in [1.165, 1.54) is 6.26 Å². The molecule has 1 N–H and O–H groups in total. The van der Waals surface area contributed by atoms with E-state index in [9.17, 15) is 9.35 Å². The van der Waals surface area contributed by atoms with Gasteiger partial charge in [-0.2, -0.15) is 0 Å². The Bertz CT molecular complexity index is 56.9. The zero-order chi connectivity index (χ0) is 5.70. The fourth-order valence-corrected chi connectivity index (χ4v) is 0.454. The van der Waals surface area contributed by atoms with Gasteiger partial charge in [-0.3, -0.25) is 4.79 Å². The lowest BCUT2D eigenvalue weighted by molar-refractivity contribution is -0.109. The van der Waals surface area contributed by atoms with Crippen molar-refractivity contribution >= 4 is 17.6 Å². The first-order valence-corrected chi connectivity index (χ1v) is 3.47. The summed E-state index contributed by atoms with van der Waals surface area (Å²) in [7, 11) is 0. The summed E-state index contributed by atoms with van der Waals surface area (Å²) in [5.41, 5.74) is 0. The van der Waals surface area contributed by atoms with Crippen LogP contribution in [0.1, 0.15) is 0 Å². The van der Waals surface area contributed by atoms with Crippen molar-refractivity contribution in [1.29, 1.82) is 0 Å². The summed E-state index contributed by atoms with van der Waals surface area (Å²) in [6.45, 7) is 0. The van der Waals surface area contributed by atoms with Crippen molar-refractivity contribution in [2.24, 2.45) is 0 Å². The van der Waals surface area contributed by atoms with Crippen LogP contribution >= 0.6 is 0 Å². The molecule has 42 valence electrons. The molecule has 0 rings (SSSR count). The van der Waals surface area contributed by atoms with Gasteiger partial charge in [0.25, 0.3) is 0 Å². The molecule has 0 aromatic carbocycles. The second-order valence-electron chi connectivity index (χ2n) is 1.04. The molecule has 0 bridgehead atoms. The third kappa shape index (κ3) is 5.78. The Morgan fingerprint density at radius 2 is 2.57 bits per heavy atom. The first-order chi connectivity index (χ1) is 3.27. The molecule has 0 aliphatic rings. The molecule has 0 saturated heterocycles. The lowest BCUT2D eigenvalue weighted by atomic mass is 11.2. The second-order valence-corrected chi connectivity index (χ2v) is 2.47. The summed E-state index contributed by atoms with van der Waals surface area (Å²) in [5, 5.41) is 2.27. The van der Waals surface area contributed by atoms with Crippen LogP contribution in [0.25, 0.3) is 0 Å². The molecule has 0 fully saturated rings. The van der Waals surface area contributed by atoms with Gasteiger partial charge in [-0.1, -0.05) is 0 Å². The molecule has 0 aromatic rings. The van der Waals surface area contributed by atoms with Crippen molar-refractivity contribution in [2.75, 3.05) is 12.1 Å². The minimum atomic E-state index is -0.908. The predicted molar refractivity (Wildman–Crippen MR) is 28.1 cm³/mol. The molecule has 0 saturated carbocycles. The number of hydrogen-bond donors (Lipinski definition) is 1. The largest absolute Gasteiger partial charge is 0.615 e. The van der Waals surface area contributed by atoms with Crippen LogP contribution in [0.2, 0.25) is 0 Å². The first kappa shape index (κ1) is 6.78. The molecule has 3 nitrogen and oxygen atoms in total. The average molecular weight is 121 g/mol. The van der Waals surface area contributed by atoms with E-state index in [1.54, 1.807) is 0 Å². The van der Waals surface area contributed by atoms with Gasteiger partial charge in [0, 0.05) is 0 Å². The van der Waals surface area contributed by atoms with Gasteiger partial charge in [-0.25, -0.2) is 0 Å². The maximum atomic E-state index is 10.1. The number of carbonyl (C=O) groups is 1. The molecule has 0 spiro atoms. The molecule has 1 amide bonds. The molecule has 0 heterocycles. The van der Waals surface area contributed by atoms with E-state index in [0.717, 1.165) is 0 Å². The molecular formula is C3H7NO2S. The van der Waals surface area contributed by atoms with E-state index < -0.39 is 11.2 Å². The maximum Gasteiger partial charge on any atom is 0.210 e. The fraction of sp³-hybridized carbons (Fsp3) is 0.667. The number of carbonyl (C=O) groups excluding carboxylic acids is 1. The Morgan fingerprint density at radius 1 is 2.00 bits per heavy atom. The van der Waals surface area contributed by atoms with Gasteiger partial charge >= 0.3 is 0 Å². The van der Waals surface area contributed by atoms with Gasteiger partial charge in [0.1, 0.15) is 0 Å². The second kappa shape index (κ2) is 3.95. The number of rotatable bonds is 3. The highest BCUT2D eigenvalue weighted by Gasteiger charge is 1.89. The van der Waals surface area contributed by atoms with E-state index in [4.69, 9.17) is 0 Å². The average Bonchev–Trinajstić information content (AvgIpc) is 1.61. The summed E-state index contributed by atoms with van der Waals surface area (Å²) in [5.74, 6) is 0.253. The van der Waals surface area contributed by atoms with Crippen LogP contribution in [-0.4, -0.2) is 23.1 Å². The Kier molecular flexibility index (Phi) is 3.83. The number of nitrogens with one attached hydrogen (secondary N) is 1. The van der Waals surface area contributed by atoms with Crippen molar-refractivity contribution in [3.05, 3.63) is 0 Å². The first-order valence-electron chi connectivity index (χ1n) is 1.74. The van der Waals surface area contributed by atoms with Crippen molar-refractivity contribution in [3.8, 4) is 0 Å². The van der Waals surface area contributed by atoms with Crippen molar-refractivity contribution in [3.63, 3.8) is 0 Å². The molecule has 0 aliphatic carbocycles. The Hall–Kier alpha value is -0.220. The van der Waals surface area contributed by atoms with Gasteiger partial charge in [0.2, 0.25) is 6.41 Å². The van der Waals surface area contributed by atoms with Gasteiger partial charge in [-0.05, 0) is 11.2 Å². The standard InChI is InChI=1S/C3H7NO2S/c1-7(6)3-4-2-5/h2H,3H2,1H3,(H,4,5). The monoisotopic (exact) mass is 121 g/mol. The molecule has 0 aromatic heterocycles. The van der Waals surface area contributed by atoms with Crippen molar-refractivity contribution in [2.45, 2.75) is 0 Å².